The second kappa shape index (κ2) is 6.86. The second-order valence-corrected chi connectivity index (χ2v) is 6.60. The number of halogens is 1. The van der Waals surface area contributed by atoms with E-state index in [1.807, 2.05) is 0 Å². The molecule has 0 bridgehead atoms. The van der Waals surface area contributed by atoms with Crippen LogP contribution in [0.25, 0.3) is 0 Å². The van der Waals surface area contributed by atoms with Crippen LogP contribution in [0.5, 0.6) is 5.75 Å². The van der Waals surface area contributed by atoms with Crippen molar-refractivity contribution in [3.05, 3.63) is 30.1 Å². The summed E-state index contributed by atoms with van der Waals surface area (Å²) in [5.74, 6) is -0.569. The predicted molar refractivity (Wildman–Crippen MR) is 74.8 cm³/mol. The van der Waals surface area contributed by atoms with Crippen LogP contribution in [0, 0.1) is 5.82 Å². The number of sulfonamides is 1. The third-order valence-electron chi connectivity index (χ3n) is 3.04. The Morgan fingerprint density at radius 3 is 2.71 bits per heavy atom. The first kappa shape index (κ1) is 15.7. The fourth-order valence-electron chi connectivity index (χ4n) is 1.96. The van der Waals surface area contributed by atoms with Gasteiger partial charge in [-0.3, -0.25) is 4.79 Å². The van der Waals surface area contributed by atoms with Crippen LogP contribution < -0.4 is 14.8 Å². The average Bonchev–Trinajstić information content (AvgIpc) is 2.43. The van der Waals surface area contributed by atoms with Gasteiger partial charge in [0.25, 0.3) is 0 Å². The molecule has 0 unspecified atom stereocenters. The zero-order valence-corrected chi connectivity index (χ0v) is 12.2. The van der Waals surface area contributed by atoms with Crippen LogP contribution in [0.2, 0.25) is 0 Å². The Balaban J connectivity index is 1.80. The molecule has 0 aromatic heterocycles. The topological polar surface area (TPSA) is 84.5 Å². The summed E-state index contributed by atoms with van der Waals surface area (Å²) in [6.45, 7) is 0.500. The molecule has 116 valence electrons. The van der Waals surface area contributed by atoms with E-state index in [9.17, 15) is 17.6 Å². The Morgan fingerprint density at radius 1 is 1.33 bits per heavy atom. The highest BCUT2D eigenvalue weighted by Gasteiger charge is 2.26. The number of nitrogens with one attached hydrogen (secondary N) is 2. The Hall–Kier alpha value is -1.67. The smallest absolute Gasteiger partial charge is 0.238 e. The fourth-order valence-corrected chi connectivity index (χ4v) is 3.04. The molecule has 1 amide bonds. The highest BCUT2D eigenvalue weighted by atomic mass is 32.2. The normalized spacial score (nSPS) is 19.1. The maximum atomic E-state index is 12.7. The van der Waals surface area contributed by atoms with Crippen molar-refractivity contribution in [3.8, 4) is 5.75 Å². The molecule has 1 aliphatic heterocycles. The molecule has 21 heavy (non-hydrogen) atoms. The van der Waals surface area contributed by atoms with Crippen molar-refractivity contribution in [2.75, 3.05) is 18.9 Å². The summed E-state index contributed by atoms with van der Waals surface area (Å²) in [5.41, 5.74) is 0. The van der Waals surface area contributed by atoms with E-state index in [1.165, 1.54) is 24.3 Å². The minimum Gasteiger partial charge on any atom is -0.492 e. The lowest BCUT2D eigenvalue weighted by Crippen LogP contribution is -2.50. The minimum absolute atomic E-state index is 0.0741. The lowest BCUT2D eigenvalue weighted by atomic mass is 10.1. The summed E-state index contributed by atoms with van der Waals surface area (Å²) in [6.07, 6.45) is 1.23. The first-order valence-electron chi connectivity index (χ1n) is 6.62. The van der Waals surface area contributed by atoms with Crippen molar-refractivity contribution in [2.24, 2.45) is 0 Å². The van der Waals surface area contributed by atoms with Crippen molar-refractivity contribution in [1.82, 2.24) is 10.0 Å². The molecule has 0 spiro atoms. The van der Waals surface area contributed by atoms with Gasteiger partial charge in [-0.25, -0.2) is 17.5 Å². The standard InChI is InChI=1S/C13H17FN2O4S/c14-10-3-5-11(6-4-10)20-8-9-21(18,19)16-12-2-1-7-15-13(12)17/h3-6,12,16H,1-2,7-9H2,(H,15,17)/t12-/m0/s1. The highest BCUT2D eigenvalue weighted by molar-refractivity contribution is 7.89. The monoisotopic (exact) mass is 316 g/mol. The molecule has 1 heterocycles. The summed E-state index contributed by atoms with van der Waals surface area (Å²) in [4.78, 5) is 11.5. The first-order chi connectivity index (χ1) is 9.96. The van der Waals surface area contributed by atoms with E-state index in [0.717, 1.165) is 6.42 Å². The molecule has 1 aromatic carbocycles. The molecule has 2 N–H and O–H groups in total. The van der Waals surface area contributed by atoms with Gasteiger partial charge in [-0.1, -0.05) is 0 Å². The summed E-state index contributed by atoms with van der Waals surface area (Å²) in [7, 11) is -3.60. The van der Waals surface area contributed by atoms with Crippen molar-refractivity contribution in [2.45, 2.75) is 18.9 Å². The molecule has 8 heteroatoms. The zero-order valence-electron chi connectivity index (χ0n) is 11.3. The molecule has 2 rings (SSSR count). The van der Waals surface area contributed by atoms with Gasteiger partial charge < -0.3 is 10.1 Å². The van der Waals surface area contributed by atoms with Gasteiger partial charge in [0.15, 0.2) is 0 Å². The molecular formula is C13H17FN2O4S. The van der Waals surface area contributed by atoms with Gasteiger partial charge in [0.05, 0.1) is 5.75 Å². The van der Waals surface area contributed by atoms with E-state index in [-0.39, 0.29) is 24.1 Å². The predicted octanol–water partition coefficient (Wildman–Crippen LogP) is 0.402. The van der Waals surface area contributed by atoms with Gasteiger partial charge in [-0.15, -0.1) is 0 Å². The first-order valence-corrected chi connectivity index (χ1v) is 8.27. The van der Waals surface area contributed by atoms with Crippen LogP contribution in [0.1, 0.15) is 12.8 Å². The Morgan fingerprint density at radius 2 is 2.05 bits per heavy atom. The molecule has 1 fully saturated rings. The Bertz CT molecular complexity index is 589. The van der Waals surface area contributed by atoms with Crippen LogP contribution in [0.3, 0.4) is 0 Å². The van der Waals surface area contributed by atoms with Crippen LogP contribution in [-0.4, -0.2) is 39.3 Å². The van der Waals surface area contributed by atoms with Crippen LogP contribution in [-0.2, 0) is 14.8 Å². The zero-order chi connectivity index (χ0) is 15.3. The van der Waals surface area contributed by atoms with Gasteiger partial charge in [0.1, 0.15) is 24.2 Å². The number of rotatable bonds is 6. The SMILES string of the molecule is O=C1NCCC[C@@H]1NS(=O)(=O)CCOc1ccc(F)cc1. The minimum atomic E-state index is -3.60. The van der Waals surface area contributed by atoms with Crippen LogP contribution >= 0.6 is 0 Å². The number of carbonyl (C=O) groups is 1. The third-order valence-corrected chi connectivity index (χ3v) is 4.39. The van der Waals surface area contributed by atoms with Crippen LogP contribution in [0.15, 0.2) is 24.3 Å². The summed E-state index contributed by atoms with van der Waals surface area (Å²) in [5, 5.41) is 2.61. The maximum Gasteiger partial charge on any atom is 0.238 e. The van der Waals surface area contributed by atoms with Gasteiger partial charge in [0.2, 0.25) is 15.9 Å². The molecule has 0 saturated carbocycles. The van der Waals surface area contributed by atoms with E-state index in [0.29, 0.717) is 18.7 Å². The number of amides is 1. The van der Waals surface area contributed by atoms with Crippen molar-refractivity contribution < 1.29 is 22.3 Å². The largest absolute Gasteiger partial charge is 0.492 e. The lowest BCUT2D eigenvalue weighted by Gasteiger charge is -2.22. The van der Waals surface area contributed by atoms with Crippen molar-refractivity contribution >= 4 is 15.9 Å². The average molecular weight is 316 g/mol. The van der Waals surface area contributed by atoms with E-state index >= 15 is 0 Å². The third kappa shape index (κ3) is 4.98. The van der Waals surface area contributed by atoms with E-state index in [4.69, 9.17) is 4.74 Å². The molecule has 1 atom stereocenters. The number of benzene rings is 1. The van der Waals surface area contributed by atoms with Gasteiger partial charge in [-0.05, 0) is 37.1 Å². The van der Waals surface area contributed by atoms with E-state index in [1.54, 1.807) is 0 Å². The molecule has 1 aliphatic rings. The van der Waals surface area contributed by atoms with Gasteiger partial charge in [-0.2, -0.15) is 0 Å². The van der Waals surface area contributed by atoms with Gasteiger partial charge >= 0.3 is 0 Å². The van der Waals surface area contributed by atoms with E-state index in [2.05, 4.69) is 10.0 Å². The van der Waals surface area contributed by atoms with Crippen molar-refractivity contribution in [3.63, 3.8) is 0 Å². The Kier molecular flexibility index (Phi) is 5.13. The fraction of sp³-hybridized carbons (Fsp3) is 0.462. The molecule has 0 aliphatic carbocycles. The van der Waals surface area contributed by atoms with Crippen molar-refractivity contribution in [1.29, 1.82) is 0 Å². The summed E-state index contributed by atoms with van der Waals surface area (Å²) < 4.78 is 44.0. The van der Waals surface area contributed by atoms with Gasteiger partial charge in [0, 0.05) is 6.54 Å². The summed E-state index contributed by atoms with van der Waals surface area (Å²) in [6, 6.07) is 4.59. The Labute approximate surface area is 122 Å². The quantitative estimate of drug-likeness (QED) is 0.796. The molecule has 0 radical (unpaired) electrons. The molecular weight excluding hydrogens is 299 g/mol. The number of hydrogen-bond donors (Lipinski definition) is 2. The lowest BCUT2D eigenvalue weighted by molar-refractivity contribution is -0.124. The number of hydrogen-bond acceptors (Lipinski definition) is 4. The molecule has 1 aromatic rings. The number of carbonyl (C=O) groups excluding carboxylic acids is 1. The highest BCUT2D eigenvalue weighted by Crippen LogP contribution is 2.11. The second-order valence-electron chi connectivity index (χ2n) is 4.72. The number of piperidine rings is 1. The maximum absolute atomic E-state index is 12.7. The molecule has 1 saturated heterocycles. The summed E-state index contributed by atoms with van der Waals surface area (Å²) >= 11 is 0. The molecule has 6 nitrogen and oxygen atoms in total. The number of ether oxygens (including phenoxy) is 1. The van der Waals surface area contributed by atoms with Crippen LogP contribution in [0.4, 0.5) is 4.39 Å². The van der Waals surface area contributed by atoms with E-state index < -0.39 is 16.1 Å².